The minimum atomic E-state index is 0.130. The summed E-state index contributed by atoms with van der Waals surface area (Å²) in [6.07, 6.45) is 0.925. The van der Waals surface area contributed by atoms with E-state index in [0.29, 0.717) is 17.6 Å². The second kappa shape index (κ2) is 5.72. The molecule has 0 spiro atoms. The predicted molar refractivity (Wildman–Crippen MR) is 60.1 cm³/mol. The first kappa shape index (κ1) is 12.0. The monoisotopic (exact) mass is 230 g/mol. The normalized spacial score (nSPS) is 10.7. The number of nitrogens with zero attached hydrogens (tertiary/aromatic N) is 3. The number of halogens is 1. The van der Waals surface area contributed by atoms with Crippen molar-refractivity contribution in [2.24, 2.45) is 0 Å². The number of nitrogens with two attached hydrogens (primary N) is 1. The second-order valence-corrected chi connectivity index (χ2v) is 3.78. The van der Waals surface area contributed by atoms with Crippen molar-refractivity contribution >= 4 is 17.5 Å². The number of hydrogen-bond donors (Lipinski definition) is 1. The van der Waals surface area contributed by atoms with Crippen molar-refractivity contribution in [2.75, 3.05) is 33.0 Å². The summed E-state index contributed by atoms with van der Waals surface area (Å²) in [6, 6.07) is 1.55. The van der Waals surface area contributed by atoms with Crippen molar-refractivity contribution in [1.29, 1.82) is 0 Å². The minimum absolute atomic E-state index is 0.130. The molecule has 1 aromatic heterocycles. The third-order valence-electron chi connectivity index (χ3n) is 1.69. The van der Waals surface area contributed by atoms with E-state index in [1.807, 2.05) is 14.1 Å². The smallest absolute Gasteiger partial charge is 0.224 e. The number of ether oxygens (including phenoxy) is 1. The maximum absolute atomic E-state index is 5.69. The van der Waals surface area contributed by atoms with Crippen LogP contribution in [0.25, 0.3) is 0 Å². The summed E-state index contributed by atoms with van der Waals surface area (Å²) in [5.41, 5.74) is 5.42. The topological polar surface area (TPSA) is 64.3 Å². The SMILES string of the molecule is CN(C)CCCOc1cc(Cl)nc(N)n1. The lowest BCUT2D eigenvalue weighted by Gasteiger charge is -2.09. The molecule has 0 unspecified atom stereocenters. The van der Waals surface area contributed by atoms with Gasteiger partial charge in [-0.3, -0.25) is 0 Å². The van der Waals surface area contributed by atoms with Gasteiger partial charge < -0.3 is 15.4 Å². The van der Waals surface area contributed by atoms with Crippen molar-refractivity contribution in [1.82, 2.24) is 14.9 Å². The van der Waals surface area contributed by atoms with E-state index in [9.17, 15) is 0 Å². The minimum Gasteiger partial charge on any atom is -0.477 e. The highest BCUT2D eigenvalue weighted by Gasteiger charge is 2.01. The number of hydrogen-bond acceptors (Lipinski definition) is 5. The van der Waals surface area contributed by atoms with Gasteiger partial charge in [0.05, 0.1) is 6.61 Å². The zero-order valence-electron chi connectivity index (χ0n) is 8.90. The number of aromatic nitrogens is 2. The summed E-state index contributed by atoms with van der Waals surface area (Å²) in [6.45, 7) is 1.55. The number of anilines is 1. The van der Waals surface area contributed by atoms with E-state index in [1.54, 1.807) is 6.07 Å². The molecule has 0 bridgehead atoms. The van der Waals surface area contributed by atoms with Gasteiger partial charge in [0, 0.05) is 12.6 Å². The molecule has 0 aliphatic carbocycles. The summed E-state index contributed by atoms with van der Waals surface area (Å²) in [7, 11) is 4.03. The number of nitrogen functional groups attached to an aromatic ring is 1. The Balaban J connectivity index is 2.37. The van der Waals surface area contributed by atoms with Crippen molar-refractivity contribution < 1.29 is 4.74 Å². The van der Waals surface area contributed by atoms with E-state index in [2.05, 4.69) is 14.9 Å². The molecule has 0 atom stereocenters. The van der Waals surface area contributed by atoms with Gasteiger partial charge in [-0.25, -0.2) is 4.98 Å². The molecule has 6 heteroatoms. The molecule has 1 heterocycles. The quantitative estimate of drug-likeness (QED) is 0.605. The van der Waals surface area contributed by atoms with Crippen LogP contribution in [0.3, 0.4) is 0 Å². The van der Waals surface area contributed by atoms with Crippen LogP contribution in [0.5, 0.6) is 5.88 Å². The summed E-state index contributed by atoms with van der Waals surface area (Å²) in [5, 5.41) is 0.296. The first-order valence-electron chi connectivity index (χ1n) is 4.65. The Morgan fingerprint density at radius 3 is 2.80 bits per heavy atom. The maximum atomic E-state index is 5.69. The Bertz CT molecular complexity index is 299. The van der Waals surface area contributed by atoms with Gasteiger partial charge in [-0.2, -0.15) is 4.98 Å². The number of rotatable bonds is 5. The van der Waals surface area contributed by atoms with Crippen LogP contribution in [0, 0.1) is 0 Å². The van der Waals surface area contributed by atoms with Crippen molar-refractivity contribution in [3.8, 4) is 5.88 Å². The Labute approximate surface area is 94.2 Å². The Hall–Kier alpha value is -1.07. The van der Waals surface area contributed by atoms with Gasteiger partial charge in [0.15, 0.2) is 0 Å². The highest BCUT2D eigenvalue weighted by molar-refractivity contribution is 6.29. The third kappa shape index (κ3) is 4.80. The van der Waals surface area contributed by atoms with Crippen LogP contribution >= 0.6 is 11.6 Å². The Morgan fingerprint density at radius 1 is 1.47 bits per heavy atom. The molecule has 15 heavy (non-hydrogen) atoms. The molecule has 1 aromatic rings. The molecule has 0 radical (unpaired) electrons. The van der Waals surface area contributed by atoms with E-state index < -0.39 is 0 Å². The first-order chi connectivity index (χ1) is 7.08. The molecule has 2 N–H and O–H groups in total. The highest BCUT2D eigenvalue weighted by Crippen LogP contribution is 2.14. The van der Waals surface area contributed by atoms with Gasteiger partial charge in [-0.05, 0) is 20.5 Å². The molecule has 84 valence electrons. The lowest BCUT2D eigenvalue weighted by Crippen LogP contribution is -2.15. The van der Waals surface area contributed by atoms with Gasteiger partial charge >= 0.3 is 0 Å². The maximum Gasteiger partial charge on any atom is 0.224 e. The fourth-order valence-corrected chi connectivity index (χ4v) is 1.23. The van der Waals surface area contributed by atoms with Gasteiger partial charge in [0.25, 0.3) is 0 Å². The lowest BCUT2D eigenvalue weighted by atomic mass is 10.4. The van der Waals surface area contributed by atoms with Crippen molar-refractivity contribution in [2.45, 2.75) is 6.42 Å². The van der Waals surface area contributed by atoms with E-state index in [4.69, 9.17) is 22.1 Å². The predicted octanol–water partition coefficient (Wildman–Crippen LogP) is 1.04. The Morgan fingerprint density at radius 2 is 2.20 bits per heavy atom. The molecule has 5 nitrogen and oxygen atoms in total. The van der Waals surface area contributed by atoms with Crippen LogP contribution in [0.2, 0.25) is 5.15 Å². The molecule has 1 rings (SSSR count). The van der Waals surface area contributed by atoms with E-state index in [-0.39, 0.29) is 5.95 Å². The molecule has 0 fully saturated rings. The molecule has 0 amide bonds. The van der Waals surface area contributed by atoms with Crippen LogP contribution in [-0.4, -0.2) is 42.1 Å². The summed E-state index contributed by atoms with van der Waals surface area (Å²) < 4.78 is 5.38. The summed E-state index contributed by atoms with van der Waals surface area (Å²) in [4.78, 5) is 9.72. The molecular formula is C9H15ClN4O. The molecular weight excluding hydrogens is 216 g/mol. The molecule has 0 aromatic carbocycles. The van der Waals surface area contributed by atoms with Gasteiger partial charge in [0.1, 0.15) is 5.15 Å². The van der Waals surface area contributed by atoms with Gasteiger partial charge in [0.2, 0.25) is 11.8 Å². The lowest BCUT2D eigenvalue weighted by molar-refractivity contribution is 0.273. The Kier molecular flexibility index (Phi) is 4.58. The molecule has 0 aliphatic heterocycles. The summed E-state index contributed by atoms with van der Waals surface area (Å²) in [5.74, 6) is 0.552. The average Bonchev–Trinajstić information content (AvgIpc) is 2.10. The van der Waals surface area contributed by atoms with Gasteiger partial charge in [-0.15, -0.1) is 0 Å². The van der Waals surface area contributed by atoms with E-state index in [0.717, 1.165) is 13.0 Å². The van der Waals surface area contributed by atoms with Crippen LogP contribution in [0.15, 0.2) is 6.07 Å². The molecule has 0 saturated heterocycles. The van der Waals surface area contributed by atoms with Crippen molar-refractivity contribution in [3.63, 3.8) is 0 Å². The largest absolute Gasteiger partial charge is 0.477 e. The van der Waals surface area contributed by atoms with E-state index in [1.165, 1.54) is 0 Å². The van der Waals surface area contributed by atoms with Crippen LogP contribution < -0.4 is 10.5 Å². The fourth-order valence-electron chi connectivity index (χ4n) is 1.05. The van der Waals surface area contributed by atoms with Gasteiger partial charge in [-0.1, -0.05) is 11.6 Å². The zero-order chi connectivity index (χ0) is 11.3. The van der Waals surface area contributed by atoms with E-state index >= 15 is 0 Å². The first-order valence-corrected chi connectivity index (χ1v) is 5.03. The highest BCUT2D eigenvalue weighted by atomic mass is 35.5. The van der Waals surface area contributed by atoms with Crippen LogP contribution in [0.4, 0.5) is 5.95 Å². The van der Waals surface area contributed by atoms with Crippen LogP contribution in [-0.2, 0) is 0 Å². The third-order valence-corrected chi connectivity index (χ3v) is 1.88. The molecule has 0 aliphatic rings. The standard InChI is InChI=1S/C9H15ClN4O/c1-14(2)4-3-5-15-8-6-7(10)12-9(11)13-8/h6H,3-5H2,1-2H3,(H2,11,12,13). The second-order valence-electron chi connectivity index (χ2n) is 3.39. The van der Waals surface area contributed by atoms with Crippen molar-refractivity contribution in [3.05, 3.63) is 11.2 Å². The molecule has 0 saturated carbocycles. The summed E-state index contributed by atoms with van der Waals surface area (Å²) >= 11 is 5.69. The fraction of sp³-hybridized carbons (Fsp3) is 0.556. The average molecular weight is 231 g/mol. The van der Waals surface area contributed by atoms with Crippen LogP contribution in [0.1, 0.15) is 6.42 Å². The zero-order valence-corrected chi connectivity index (χ0v) is 9.66.